The number of ether oxygens (including phenoxy) is 2. The molecule has 0 saturated carbocycles. The van der Waals surface area contributed by atoms with Crippen LogP contribution in [0.2, 0.25) is 0 Å². The number of aldehydes is 1. The van der Waals surface area contributed by atoms with E-state index in [1.54, 1.807) is 0 Å². The molecule has 1 aromatic carbocycles. The number of phenols is 1. The van der Waals surface area contributed by atoms with Gasteiger partial charge in [-0.1, -0.05) is 0 Å². The molecule has 0 aromatic heterocycles. The molecule has 1 N–H and O–H groups in total. The Kier molecular flexibility index (Phi) is 3.35. The van der Waals surface area contributed by atoms with Gasteiger partial charge < -0.3 is 14.6 Å². The van der Waals surface area contributed by atoms with Crippen molar-refractivity contribution >= 4 is 22.2 Å². The fourth-order valence-corrected chi connectivity index (χ4v) is 1.67. The highest BCUT2D eigenvalue weighted by atomic mass is 79.9. The first-order valence-corrected chi connectivity index (χ1v) is 4.53. The van der Waals surface area contributed by atoms with Crippen LogP contribution in [0.4, 0.5) is 0 Å². The second-order valence-corrected chi connectivity index (χ2v) is 3.33. The van der Waals surface area contributed by atoms with Crippen molar-refractivity contribution in [2.45, 2.75) is 0 Å². The van der Waals surface area contributed by atoms with Crippen LogP contribution in [0, 0.1) is 0 Å². The van der Waals surface area contributed by atoms with Gasteiger partial charge in [-0.2, -0.15) is 0 Å². The Bertz CT molecular complexity index is 362. The van der Waals surface area contributed by atoms with Gasteiger partial charge in [0.15, 0.2) is 17.8 Å². The van der Waals surface area contributed by atoms with Crippen molar-refractivity contribution in [2.75, 3.05) is 14.2 Å². The van der Waals surface area contributed by atoms with Gasteiger partial charge in [0.2, 0.25) is 0 Å². The predicted molar refractivity (Wildman–Crippen MR) is 54.3 cm³/mol. The highest BCUT2D eigenvalue weighted by molar-refractivity contribution is 9.10. The maximum atomic E-state index is 10.7. The first kappa shape index (κ1) is 10.8. The van der Waals surface area contributed by atoms with Gasteiger partial charge in [0.05, 0.1) is 18.7 Å². The summed E-state index contributed by atoms with van der Waals surface area (Å²) in [5, 5.41) is 9.57. The molecule has 0 aliphatic rings. The van der Waals surface area contributed by atoms with E-state index in [4.69, 9.17) is 9.47 Å². The molecule has 5 heteroatoms. The third-order valence-corrected chi connectivity index (χ3v) is 2.34. The predicted octanol–water partition coefficient (Wildman–Crippen LogP) is 1.98. The number of hydrogen-bond donors (Lipinski definition) is 1. The van der Waals surface area contributed by atoms with Gasteiger partial charge in [-0.25, -0.2) is 0 Å². The molecule has 0 bridgehead atoms. The Balaban J connectivity index is 3.47. The van der Waals surface area contributed by atoms with Crippen molar-refractivity contribution in [3.8, 4) is 17.2 Å². The Morgan fingerprint density at radius 1 is 1.43 bits per heavy atom. The average molecular weight is 261 g/mol. The first-order chi connectivity index (χ1) is 6.65. The molecule has 4 nitrogen and oxygen atoms in total. The van der Waals surface area contributed by atoms with Crippen LogP contribution in [0.1, 0.15) is 10.4 Å². The molecular formula is C9H9BrO4. The summed E-state index contributed by atoms with van der Waals surface area (Å²) in [5.74, 6) is 0.292. The fraction of sp³-hybridized carbons (Fsp3) is 0.222. The Morgan fingerprint density at radius 3 is 2.50 bits per heavy atom. The van der Waals surface area contributed by atoms with E-state index in [0.29, 0.717) is 16.5 Å². The summed E-state index contributed by atoms with van der Waals surface area (Å²) in [7, 11) is 2.82. The number of halogens is 1. The van der Waals surface area contributed by atoms with E-state index in [2.05, 4.69) is 15.9 Å². The van der Waals surface area contributed by atoms with E-state index in [1.807, 2.05) is 0 Å². The molecular weight excluding hydrogens is 252 g/mol. The quantitative estimate of drug-likeness (QED) is 0.845. The van der Waals surface area contributed by atoms with Crippen molar-refractivity contribution in [1.82, 2.24) is 0 Å². The van der Waals surface area contributed by atoms with Crippen molar-refractivity contribution in [3.05, 3.63) is 16.1 Å². The van der Waals surface area contributed by atoms with Gasteiger partial charge in [-0.15, -0.1) is 0 Å². The number of carbonyl (C=O) groups is 1. The first-order valence-electron chi connectivity index (χ1n) is 3.74. The van der Waals surface area contributed by atoms with Crippen molar-refractivity contribution in [2.24, 2.45) is 0 Å². The molecule has 0 atom stereocenters. The van der Waals surface area contributed by atoms with Gasteiger partial charge in [-0.05, 0) is 15.9 Å². The Labute approximate surface area is 89.6 Å². The Morgan fingerprint density at radius 2 is 2.07 bits per heavy atom. The minimum absolute atomic E-state index is 0.0683. The van der Waals surface area contributed by atoms with E-state index in [9.17, 15) is 9.90 Å². The van der Waals surface area contributed by atoms with Crippen LogP contribution in [-0.2, 0) is 0 Å². The molecule has 0 saturated heterocycles. The largest absolute Gasteiger partial charge is 0.504 e. The number of aromatic hydroxyl groups is 1. The Hall–Kier alpha value is -1.23. The second-order valence-electron chi connectivity index (χ2n) is 2.47. The lowest BCUT2D eigenvalue weighted by atomic mass is 10.2. The van der Waals surface area contributed by atoms with E-state index in [-0.39, 0.29) is 17.1 Å². The maximum absolute atomic E-state index is 10.7. The SMILES string of the molecule is COc1cc(Br)c(OC)c(C=O)c1O. The lowest BCUT2D eigenvalue weighted by Crippen LogP contribution is -1.95. The van der Waals surface area contributed by atoms with Crippen molar-refractivity contribution < 1.29 is 19.4 Å². The van der Waals surface area contributed by atoms with E-state index >= 15 is 0 Å². The molecule has 0 aliphatic heterocycles. The smallest absolute Gasteiger partial charge is 0.172 e. The standard InChI is InChI=1S/C9H9BrO4/c1-13-7-3-6(10)9(14-2)5(4-11)8(7)12/h3-4,12H,1-2H3. The molecule has 0 amide bonds. The van der Waals surface area contributed by atoms with Gasteiger partial charge in [0, 0.05) is 6.07 Å². The maximum Gasteiger partial charge on any atom is 0.172 e. The van der Waals surface area contributed by atoms with Crippen molar-refractivity contribution in [1.29, 1.82) is 0 Å². The molecule has 0 heterocycles. The zero-order valence-electron chi connectivity index (χ0n) is 7.70. The average Bonchev–Trinajstić information content (AvgIpc) is 2.20. The third kappa shape index (κ3) is 1.68. The number of carbonyl (C=O) groups excluding carboxylic acids is 1. The van der Waals surface area contributed by atoms with Crippen LogP contribution in [0.25, 0.3) is 0 Å². The van der Waals surface area contributed by atoms with E-state index < -0.39 is 0 Å². The van der Waals surface area contributed by atoms with E-state index in [1.165, 1.54) is 20.3 Å². The topological polar surface area (TPSA) is 55.8 Å². The summed E-state index contributed by atoms with van der Waals surface area (Å²) in [6, 6.07) is 1.53. The zero-order chi connectivity index (χ0) is 10.7. The molecule has 76 valence electrons. The molecule has 1 rings (SSSR count). The summed E-state index contributed by atoms with van der Waals surface area (Å²) in [4.78, 5) is 10.7. The van der Waals surface area contributed by atoms with Gasteiger partial charge in [-0.3, -0.25) is 4.79 Å². The number of rotatable bonds is 3. The molecule has 0 radical (unpaired) electrons. The second kappa shape index (κ2) is 4.32. The van der Waals surface area contributed by atoms with Crippen LogP contribution in [0.3, 0.4) is 0 Å². The zero-order valence-corrected chi connectivity index (χ0v) is 9.29. The summed E-state index contributed by atoms with van der Waals surface area (Å²) in [6.07, 6.45) is 0.515. The van der Waals surface area contributed by atoms with Crippen LogP contribution >= 0.6 is 15.9 Å². The van der Waals surface area contributed by atoms with Gasteiger partial charge in [0.25, 0.3) is 0 Å². The molecule has 1 aromatic rings. The fourth-order valence-electron chi connectivity index (χ4n) is 1.09. The van der Waals surface area contributed by atoms with Crippen LogP contribution in [0.15, 0.2) is 10.5 Å². The lowest BCUT2D eigenvalue weighted by molar-refractivity contribution is 0.111. The lowest BCUT2D eigenvalue weighted by Gasteiger charge is -2.11. The monoisotopic (exact) mass is 260 g/mol. The minimum atomic E-state index is -0.220. The van der Waals surface area contributed by atoms with Crippen LogP contribution < -0.4 is 9.47 Å². The van der Waals surface area contributed by atoms with Crippen LogP contribution in [0.5, 0.6) is 17.2 Å². The molecule has 14 heavy (non-hydrogen) atoms. The summed E-state index contributed by atoms with van der Waals surface area (Å²) in [6.45, 7) is 0. The highest BCUT2D eigenvalue weighted by Gasteiger charge is 2.17. The number of phenolic OH excluding ortho intramolecular Hbond substituents is 1. The summed E-state index contributed by atoms with van der Waals surface area (Å²) < 4.78 is 10.4. The molecule has 0 unspecified atom stereocenters. The van der Waals surface area contributed by atoms with Gasteiger partial charge in [0.1, 0.15) is 11.3 Å². The third-order valence-electron chi connectivity index (χ3n) is 1.75. The number of methoxy groups -OCH3 is 2. The van der Waals surface area contributed by atoms with Crippen molar-refractivity contribution in [3.63, 3.8) is 0 Å². The number of benzene rings is 1. The molecule has 0 fully saturated rings. The number of hydrogen-bond acceptors (Lipinski definition) is 4. The van der Waals surface area contributed by atoms with E-state index in [0.717, 1.165) is 0 Å². The molecule has 0 spiro atoms. The van der Waals surface area contributed by atoms with Gasteiger partial charge >= 0.3 is 0 Å². The normalized spacial score (nSPS) is 9.64. The summed E-state index contributed by atoms with van der Waals surface area (Å²) >= 11 is 3.20. The minimum Gasteiger partial charge on any atom is -0.504 e. The summed E-state index contributed by atoms with van der Waals surface area (Å²) in [5.41, 5.74) is 0.0683. The molecule has 0 aliphatic carbocycles. The van der Waals surface area contributed by atoms with Crippen LogP contribution in [-0.4, -0.2) is 25.6 Å². The highest BCUT2D eigenvalue weighted by Crippen LogP contribution is 2.40.